The molecule has 0 saturated carbocycles. The van der Waals surface area contributed by atoms with Crippen molar-refractivity contribution >= 4 is 32.3 Å². The van der Waals surface area contributed by atoms with Crippen molar-refractivity contribution in [2.45, 2.75) is 25.3 Å². The van der Waals surface area contributed by atoms with Gasteiger partial charge in [-0.05, 0) is 46.7 Å². The van der Waals surface area contributed by atoms with E-state index in [0.29, 0.717) is 31.9 Å². The van der Waals surface area contributed by atoms with Gasteiger partial charge >= 0.3 is 5.69 Å². The van der Waals surface area contributed by atoms with E-state index in [2.05, 4.69) is 18.2 Å². The highest BCUT2D eigenvalue weighted by Crippen LogP contribution is 2.30. The molecule has 0 amide bonds. The highest BCUT2D eigenvalue weighted by Gasteiger charge is 2.34. The summed E-state index contributed by atoms with van der Waals surface area (Å²) < 4.78 is 31.4. The van der Waals surface area contributed by atoms with Crippen LogP contribution in [-0.4, -0.2) is 58.6 Å². The molecule has 2 aromatic carbocycles. The van der Waals surface area contributed by atoms with Gasteiger partial charge in [0.15, 0.2) is 0 Å². The van der Waals surface area contributed by atoms with Gasteiger partial charge in [0.25, 0.3) is 10.2 Å². The Hall–Kier alpha value is -2.79. The summed E-state index contributed by atoms with van der Waals surface area (Å²) in [6.45, 7) is 1.12. The van der Waals surface area contributed by atoms with Gasteiger partial charge in [0, 0.05) is 33.1 Å². The van der Waals surface area contributed by atoms with Crippen molar-refractivity contribution in [2.75, 3.05) is 27.2 Å². The molecule has 0 N–H and O–H groups in total. The van der Waals surface area contributed by atoms with E-state index in [4.69, 9.17) is 5.10 Å². The van der Waals surface area contributed by atoms with Crippen LogP contribution in [0.5, 0.6) is 0 Å². The minimum absolute atomic E-state index is 0.174. The molecular formula is C24H27N5O3S2. The maximum absolute atomic E-state index is 13.6. The first-order valence-electron chi connectivity index (χ1n) is 11.2. The first-order chi connectivity index (χ1) is 16.4. The maximum Gasteiger partial charge on any atom is 0.351 e. The third-order valence-corrected chi connectivity index (χ3v) is 9.09. The number of fused-ring (bicyclic) bond motifs is 1. The Balaban J connectivity index is 1.57. The van der Waals surface area contributed by atoms with Crippen LogP contribution in [-0.2, 0) is 16.8 Å². The van der Waals surface area contributed by atoms with E-state index in [1.54, 1.807) is 18.7 Å². The SMILES string of the molecule is CN(C)S(=O)(=O)N1CCCC(c2nn(Cc3cccc4ccccc34)c(=O)n2-c2cccs2)C1. The Kier molecular flexibility index (Phi) is 6.15. The molecule has 8 nitrogen and oxygen atoms in total. The molecular weight excluding hydrogens is 470 g/mol. The maximum atomic E-state index is 13.6. The molecule has 10 heteroatoms. The zero-order valence-corrected chi connectivity index (χ0v) is 20.8. The second-order valence-electron chi connectivity index (χ2n) is 8.71. The summed E-state index contributed by atoms with van der Waals surface area (Å²) >= 11 is 1.47. The lowest BCUT2D eigenvalue weighted by molar-refractivity contribution is 0.291. The first kappa shape index (κ1) is 23.0. The zero-order valence-electron chi connectivity index (χ0n) is 19.2. The Morgan fingerprint density at radius 1 is 1.09 bits per heavy atom. The molecule has 2 aromatic heterocycles. The molecule has 3 heterocycles. The van der Waals surface area contributed by atoms with Crippen LogP contribution in [0.3, 0.4) is 0 Å². The largest absolute Gasteiger partial charge is 0.351 e. The smallest absolute Gasteiger partial charge is 0.246 e. The van der Waals surface area contributed by atoms with E-state index in [-0.39, 0.29) is 11.6 Å². The lowest BCUT2D eigenvalue weighted by Crippen LogP contribution is -2.45. The molecule has 1 aliphatic heterocycles. The highest BCUT2D eigenvalue weighted by atomic mass is 32.2. The normalized spacial score (nSPS) is 17.6. The third kappa shape index (κ3) is 4.11. The van der Waals surface area contributed by atoms with E-state index in [1.165, 1.54) is 24.6 Å². The Labute approximate surface area is 202 Å². The fourth-order valence-corrected chi connectivity index (χ4v) is 6.50. The van der Waals surface area contributed by atoms with Gasteiger partial charge < -0.3 is 0 Å². The summed E-state index contributed by atoms with van der Waals surface area (Å²) in [4.78, 5) is 13.6. The van der Waals surface area contributed by atoms with Gasteiger partial charge in [0.1, 0.15) is 10.8 Å². The second-order valence-corrected chi connectivity index (χ2v) is 11.8. The van der Waals surface area contributed by atoms with Crippen LogP contribution >= 0.6 is 11.3 Å². The monoisotopic (exact) mass is 497 g/mol. The number of rotatable bonds is 6. The van der Waals surface area contributed by atoms with Crippen molar-refractivity contribution < 1.29 is 8.42 Å². The highest BCUT2D eigenvalue weighted by molar-refractivity contribution is 7.86. The number of nitrogens with zero attached hydrogens (tertiary/aromatic N) is 5. The van der Waals surface area contributed by atoms with E-state index in [9.17, 15) is 13.2 Å². The van der Waals surface area contributed by atoms with Gasteiger partial charge in [0.2, 0.25) is 0 Å². The van der Waals surface area contributed by atoms with E-state index >= 15 is 0 Å². The van der Waals surface area contributed by atoms with Gasteiger partial charge in [-0.1, -0.05) is 42.5 Å². The molecule has 0 radical (unpaired) electrons. The van der Waals surface area contributed by atoms with E-state index < -0.39 is 10.2 Å². The van der Waals surface area contributed by atoms with Crippen LogP contribution in [0.1, 0.15) is 30.1 Å². The van der Waals surface area contributed by atoms with Crippen molar-refractivity contribution in [2.24, 2.45) is 0 Å². The summed E-state index contributed by atoms with van der Waals surface area (Å²) in [5.74, 6) is 0.443. The molecule has 0 aliphatic carbocycles. The first-order valence-corrected chi connectivity index (χ1v) is 13.5. The van der Waals surface area contributed by atoms with Gasteiger partial charge in [0.05, 0.1) is 6.54 Å². The van der Waals surface area contributed by atoms with Crippen LogP contribution in [0.15, 0.2) is 64.8 Å². The zero-order chi connectivity index (χ0) is 23.9. The minimum atomic E-state index is -3.54. The Bertz CT molecular complexity index is 1470. The quantitative estimate of drug-likeness (QED) is 0.410. The molecule has 0 bridgehead atoms. The van der Waals surface area contributed by atoms with Crippen LogP contribution in [0.2, 0.25) is 0 Å². The Morgan fingerprint density at radius 2 is 1.88 bits per heavy atom. The molecule has 178 valence electrons. The molecule has 0 spiro atoms. The molecule has 5 rings (SSSR count). The molecule has 34 heavy (non-hydrogen) atoms. The van der Waals surface area contributed by atoms with Crippen LogP contribution < -0.4 is 5.69 Å². The van der Waals surface area contributed by atoms with Crippen LogP contribution in [0.25, 0.3) is 15.8 Å². The van der Waals surface area contributed by atoms with E-state index in [1.807, 2.05) is 41.8 Å². The van der Waals surface area contributed by atoms with Crippen molar-refractivity contribution in [3.8, 4) is 5.00 Å². The van der Waals surface area contributed by atoms with Crippen molar-refractivity contribution in [1.82, 2.24) is 23.0 Å². The van der Waals surface area contributed by atoms with Crippen LogP contribution in [0, 0.1) is 0 Å². The summed E-state index contributed by atoms with van der Waals surface area (Å²) in [7, 11) is -0.454. The van der Waals surface area contributed by atoms with Gasteiger partial charge in [-0.3, -0.25) is 0 Å². The molecule has 1 aliphatic rings. The van der Waals surface area contributed by atoms with Crippen molar-refractivity contribution in [3.05, 3.63) is 81.8 Å². The fourth-order valence-electron chi connectivity index (χ4n) is 4.58. The average Bonchev–Trinajstić information content (AvgIpc) is 3.47. The number of benzene rings is 2. The standard InChI is InChI=1S/C24H27N5O3S2/c1-26(2)34(31,32)27-14-6-11-20(16-27)23-25-28(24(30)29(23)22-13-7-15-33-22)17-19-10-5-9-18-8-3-4-12-21(18)19/h3-5,7-10,12-13,15,20H,6,11,14,16-17H2,1-2H3. The topological polar surface area (TPSA) is 80.4 Å². The summed E-state index contributed by atoms with van der Waals surface area (Å²) in [5.41, 5.74) is 0.806. The van der Waals surface area contributed by atoms with E-state index in [0.717, 1.165) is 27.8 Å². The number of thiophene rings is 1. The molecule has 1 atom stereocenters. The van der Waals surface area contributed by atoms with Gasteiger partial charge in [-0.2, -0.15) is 22.1 Å². The van der Waals surface area contributed by atoms with Gasteiger partial charge in [-0.15, -0.1) is 11.3 Å². The second kappa shape index (κ2) is 9.10. The predicted octanol–water partition coefficient (Wildman–Crippen LogP) is 3.28. The summed E-state index contributed by atoms with van der Waals surface area (Å²) in [6.07, 6.45) is 1.49. The molecule has 1 fully saturated rings. The molecule has 1 saturated heterocycles. The molecule has 4 aromatic rings. The average molecular weight is 498 g/mol. The van der Waals surface area contributed by atoms with Gasteiger partial charge in [-0.25, -0.2) is 14.0 Å². The molecule has 1 unspecified atom stereocenters. The fraction of sp³-hybridized carbons (Fsp3) is 0.333. The lowest BCUT2D eigenvalue weighted by atomic mass is 9.99. The summed E-state index contributed by atoms with van der Waals surface area (Å²) in [5, 5.41) is 9.71. The number of hydrogen-bond donors (Lipinski definition) is 0. The summed E-state index contributed by atoms with van der Waals surface area (Å²) in [6, 6.07) is 18.0. The van der Waals surface area contributed by atoms with Crippen molar-refractivity contribution in [3.63, 3.8) is 0 Å². The van der Waals surface area contributed by atoms with Crippen molar-refractivity contribution in [1.29, 1.82) is 0 Å². The number of piperidine rings is 1. The predicted molar refractivity (Wildman–Crippen MR) is 135 cm³/mol. The lowest BCUT2D eigenvalue weighted by Gasteiger charge is -2.32. The van der Waals surface area contributed by atoms with Crippen LogP contribution in [0.4, 0.5) is 0 Å². The third-order valence-electron chi connectivity index (χ3n) is 6.33. The minimum Gasteiger partial charge on any atom is -0.246 e. The Morgan fingerprint density at radius 3 is 2.65 bits per heavy atom. The number of hydrogen-bond acceptors (Lipinski definition) is 5. The number of aromatic nitrogens is 3.